The third-order valence-electron chi connectivity index (χ3n) is 3.60. The van der Waals surface area contributed by atoms with E-state index in [4.69, 9.17) is 5.73 Å². The first-order valence-electron chi connectivity index (χ1n) is 6.00. The summed E-state index contributed by atoms with van der Waals surface area (Å²) in [6, 6.07) is 0.0391. The zero-order chi connectivity index (χ0) is 10.7. The van der Waals surface area contributed by atoms with Crippen LogP contribution in [0.15, 0.2) is 0 Å². The van der Waals surface area contributed by atoms with Crippen molar-refractivity contribution in [2.45, 2.75) is 50.1 Å². The molecule has 0 bridgehead atoms. The maximum atomic E-state index is 11.6. The molecule has 0 radical (unpaired) electrons. The van der Waals surface area contributed by atoms with Crippen molar-refractivity contribution >= 4 is 30.7 Å². The maximum absolute atomic E-state index is 11.6. The summed E-state index contributed by atoms with van der Waals surface area (Å²) >= 11 is 0. The minimum Gasteiger partial charge on any atom is -0.353 e. The summed E-state index contributed by atoms with van der Waals surface area (Å²) in [5.74, 6) is 0.122. The minimum atomic E-state index is -0.141. The predicted octanol–water partition coefficient (Wildman–Crippen LogP) is 0.970. The number of amides is 1. The summed E-state index contributed by atoms with van der Waals surface area (Å²) in [5.41, 5.74) is 6.09. The highest BCUT2D eigenvalue weighted by molar-refractivity contribution is 5.85. The summed E-state index contributed by atoms with van der Waals surface area (Å²) < 4.78 is 0. The highest BCUT2D eigenvalue weighted by atomic mass is 35.5. The Morgan fingerprint density at radius 2 is 1.88 bits per heavy atom. The molecule has 0 aromatic heterocycles. The van der Waals surface area contributed by atoms with E-state index in [2.05, 4.69) is 10.6 Å². The number of carbonyl (C=O) groups excluding carboxylic acids is 1. The van der Waals surface area contributed by atoms with Gasteiger partial charge in [-0.15, -0.1) is 24.8 Å². The lowest BCUT2D eigenvalue weighted by atomic mass is 9.82. The second-order valence-corrected chi connectivity index (χ2v) is 4.94. The van der Waals surface area contributed by atoms with E-state index in [9.17, 15) is 4.79 Å². The van der Waals surface area contributed by atoms with Crippen molar-refractivity contribution in [2.75, 3.05) is 13.1 Å². The van der Waals surface area contributed by atoms with E-state index >= 15 is 0 Å². The molecule has 1 saturated heterocycles. The number of rotatable bonds is 3. The fraction of sp³-hybridized carbons (Fsp3) is 0.909. The van der Waals surface area contributed by atoms with Crippen LogP contribution in [-0.2, 0) is 4.79 Å². The van der Waals surface area contributed by atoms with Crippen molar-refractivity contribution in [3.8, 4) is 0 Å². The molecule has 1 heterocycles. The smallest absolute Gasteiger partial charge is 0.237 e. The third-order valence-corrected chi connectivity index (χ3v) is 3.60. The molecule has 6 heteroatoms. The zero-order valence-electron chi connectivity index (χ0n) is 10.0. The van der Waals surface area contributed by atoms with Gasteiger partial charge >= 0.3 is 0 Å². The van der Waals surface area contributed by atoms with Crippen LogP contribution in [0.5, 0.6) is 0 Å². The SMILES string of the molecule is Cl.Cl.NC1(CNC(=O)[C@H]2CCN2)CCCCC1. The van der Waals surface area contributed by atoms with Gasteiger partial charge in [-0.2, -0.15) is 0 Å². The Morgan fingerprint density at radius 1 is 1.29 bits per heavy atom. The predicted molar refractivity (Wildman–Crippen MR) is 73.9 cm³/mol. The van der Waals surface area contributed by atoms with E-state index in [1.807, 2.05) is 0 Å². The van der Waals surface area contributed by atoms with Crippen LogP contribution in [-0.4, -0.2) is 30.6 Å². The first kappa shape index (κ1) is 17.0. The van der Waals surface area contributed by atoms with E-state index in [0.29, 0.717) is 6.54 Å². The quantitative estimate of drug-likeness (QED) is 0.723. The van der Waals surface area contributed by atoms with E-state index < -0.39 is 0 Å². The molecule has 1 atom stereocenters. The fourth-order valence-corrected chi connectivity index (χ4v) is 2.33. The molecule has 17 heavy (non-hydrogen) atoms. The molecule has 1 aliphatic heterocycles. The second kappa shape index (κ2) is 7.41. The van der Waals surface area contributed by atoms with E-state index in [-0.39, 0.29) is 42.3 Å². The molecule has 2 fully saturated rings. The number of nitrogens with two attached hydrogens (primary N) is 1. The molecule has 0 aromatic carbocycles. The van der Waals surface area contributed by atoms with Crippen molar-refractivity contribution in [3.63, 3.8) is 0 Å². The van der Waals surface area contributed by atoms with Crippen LogP contribution >= 0.6 is 24.8 Å². The molecule has 1 aliphatic carbocycles. The number of carbonyl (C=O) groups is 1. The lowest BCUT2D eigenvalue weighted by Crippen LogP contribution is -2.57. The van der Waals surface area contributed by atoms with Crippen molar-refractivity contribution in [1.29, 1.82) is 0 Å². The summed E-state index contributed by atoms with van der Waals surface area (Å²) in [5, 5.41) is 6.06. The largest absolute Gasteiger partial charge is 0.353 e. The number of hydrogen-bond acceptors (Lipinski definition) is 3. The highest BCUT2D eigenvalue weighted by Crippen LogP contribution is 2.25. The Hall–Kier alpha value is -0.0300. The molecule has 4 N–H and O–H groups in total. The van der Waals surface area contributed by atoms with Gasteiger partial charge < -0.3 is 16.4 Å². The molecule has 2 rings (SSSR count). The Balaban J connectivity index is 0.00000128. The van der Waals surface area contributed by atoms with Gasteiger partial charge in [-0.3, -0.25) is 4.79 Å². The third kappa shape index (κ3) is 4.62. The Kier molecular flexibility index (Phi) is 7.40. The summed E-state index contributed by atoms with van der Waals surface area (Å²) in [6.07, 6.45) is 6.75. The minimum absolute atomic E-state index is 0. The molecule has 1 saturated carbocycles. The maximum Gasteiger partial charge on any atom is 0.237 e. The van der Waals surface area contributed by atoms with Gasteiger partial charge in [0.25, 0.3) is 0 Å². The van der Waals surface area contributed by atoms with Crippen LogP contribution < -0.4 is 16.4 Å². The molecule has 0 spiro atoms. The normalized spacial score (nSPS) is 25.8. The number of hydrogen-bond donors (Lipinski definition) is 3. The van der Waals surface area contributed by atoms with Crippen LogP contribution in [0.4, 0.5) is 0 Å². The van der Waals surface area contributed by atoms with E-state index in [1.54, 1.807) is 0 Å². The van der Waals surface area contributed by atoms with Crippen LogP contribution in [0.3, 0.4) is 0 Å². The second-order valence-electron chi connectivity index (χ2n) is 4.94. The summed E-state index contributed by atoms with van der Waals surface area (Å²) in [6.45, 7) is 1.61. The molecule has 1 amide bonds. The lowest BCUT2D eigenvalue weighted by molar-refractivity contribution is -0.125. The van der Waals surface area contributed by atoms with Crippen molar-refractivity contribution in [3.05, 3.63) is 0 Å². The molecular weight excluding hydrogens is 261 g/mol. The van der Waals surface area contributed by atoms with Crippen molar-refractivity contribution in [1.82, 2.24) is 10.6 Å². The van der Waals surface area contributed by atoms with Gasteiger partial charge in [0.15, 0.2) is 0 Å². The topological polar surface area (TPSA) is 67.1 Å². The van der Waals surface area contributed by atoms with Crippen LogP contribution in [0.25, 0.3) is 0 Å². The number of nitrogens with one attached hydrogen (secondary N) is 2. The van der Waals surface area contributed by atoms with E-state index in [1.165, 1.54) is 19.3 Å². The Morgan fingerprint density at radius 3 is 2.35 bits per heavy atom. The monoisotopic (exact) mass is 283 g/mol. The molecule has 0 aromatic rings. The van der Waals surface area contributed by atoms with E-state index in [0.717, 1.165) is 25.8 Å². The van der Waals surface area contributed by atoms with Crippen LogP contribution in [0.2, 0.25) is 0 Å². The van der Waals surface area contributed by atoms with Gasteiger partial charge in [-0.1, -0.05) is 19.3 Å². The molecule has 2 aliphatic rings. The summed E-state index contributed by atoms with van der Waals surface area (Å²) in [7, 11) is 0. The van der Waals surface area contributed by atoms with Crippen molar-refractivity contribution in [2.24, 2.45) is 5.73 Å². The average Bonchev–Trinajstić information content (AvgIpc) is 2.14. The first-order valence-corrected chi connectivity index (χ1v) is 6.00. The Labute approximate surface area is 115 Å². The molecule has 0 unspecified atom stereocenters. The molecule has 102 valence electrons. The lowest BCUT2D eigenvalue weighted by Gasteiger charge is -2.35. The summed E-state index contributed by atoms with van der Waals surface area (Å²) in [4.78, 5) is 11.6. The van der Waals surface area contributed by atoms with Crippen LogP contribution in [0.1, 0.15) is 38.5 Å². The van der Waals surface area contributed by atoms with Crippen molar-refractivity contribution < 1.29 is 4.79 Å². The zero-order valence-corrected chi connectivity index (χ0v) is 11.7. The average molecular weight is 284 g/mol. The molecule has 4 nitrogen and oxygen atoms in total. The van der Waals surface area contributed by atoms with Gasteiger partial charge in [0.05, 0.1) is 6.04 Å². The number of halogens is 2. The van der Waals surface area contributed by atoms with Gasteiger partial charge in [0.1, 0.15) is 0 Å². The molecular formula is C11H23Cl2N3O. The fourth-order valence-electron chi connectivity index (χ4n) is 2.33. The van der Waals surface area contributed by atoms with Gasteiger partial charge in [-0.25, -0.2) is 0 Å². The van der Waals surface area contributed by atoms with Gasteiger partial charge in [0, 0.05) is 12.1 Å². The van der Waals surface area contributed by atoms with Crippen LogP contribution in [0, 0.1) is 0 Å². The van der Waals surface area contributed by atoms with Gasteiger partial charge in [-0.05, 0) is 25.8 Å². The highest BCUT2D eigenvalue weighted by Gasteiger charge is 2.30. The first-order chi connectivity index (χ1) is 7.20. The van der Waals surface area contributed by atoms with Gasteiger partial charge in [0.2, 0.25) is 5.91 Å². The Bertz CT molecular complexity index is 241. The standard InChI is InChI=1S/C11H21N3O.2ClH/c12-11(5-2-1-3-6-11)8-14-10(15)9-4-7-13-9;;/h9,13H,1-8,12H2,(H,14,15);2*1H/t9-;;/m1../s1.